The molecule has 98 valence electrons. The normalized spacial score (nSPS) is 14.1. The van der Waals surface area contributed by atoms with Crippen molar-refractivity contribution in [1.82, 2.24) is 10.5 Å². The van der Waals surface area contributed by atoms with E-state index >= 15 is 0 Å². The molecule has 0 aliphatic rings. The van der Waals surface area contributed by atoms with Crippen LogP contribution in [0.2, 0.25) is 0 Å². The van der Waals surface area contributed by atoms with E-state index in [-0.39, 0.29) is 5.54 Å². The predicted octanol–water partition coefficient (Wildman–Crippen LogP) is 2.56. The molecule has 18 heavy (non-hydrogen) atoms. The van der Waals surface area contributed by atoms with Crippen LogP contribution in [0.15, 0.2) is 22.7 Å². The summed E-state index contributed by atoms with van der Waals surface area (Å²) in [5, 5.41) is 18.4. The van der Waals surface area contributed by atoms with Gasteiger partial charge in [-0.05, 0) is 39.3 Å². The van der Waals surface area contributed by atoms with Crippen LogP contribution in [-0.2, 0) is 0 Å². The number of aromatic nitrogens is 1. The fourth-order valence-electron chi connectivity index (χ4n) is 1.97. The molecule has 1 heterocycles. The maximum absolute atomic E-state index is 10.3. The highest BCUT2D eigenvalue weighted by Gasteiger charge is 2.18. The monoisotopic (exact) mass is 248 g/mol. The fourth-order valence-corrected chi connectivity index (χ4v) is 1.97. The van der Waals surface area contributed by atoms with Crippen molar-refractivity contribution in [2.24, 2.45) is 0 Å². The molecule has 0 fully saturated rings. The number of rotatable bonds is 3. The van der Waals surface area contributed by atoms with Crippen molar-refractivity contribution in [2.75, 3.05) is 6.54 Å². The topological polar surface area (TPSA) is 58.3 Å². The van der Waals surface area contributed by atoms with Crippen LogP contribution in [0.5, 0.6) is 0 Å². The number of benzene rings is 1. The zero-order chi connectivity index (χ0) is 13.3. The van der Waals surface area contributed by atoms with Gasteiger partial charge < -0.3 is 14.9 Å². The molecule has 2 rings (SSSR count). The zero-order valence-electron chi connectivity index (χ0n) is 11.3. The number of fused-ring (bicyclic) bond motifs is 1. The third-order valence-electron chi connectivity index (χ3n) is 2.89. The van der Waals surface area contributed by atoms with E-state index in [1.807, 2.05) is 25.1 Å². The SMILES string of the molecule is Cc1noc2cccc([C@@H](O)CNC(C)(C)C)c12. The lowest BCUT2D eigenvalue weighted by molar-refractivity contribution is 0.164. The highest BCUT2D eigenvalue weighted by molar-refractivity contribution is 5.83. The Morgan fingerprint density at radius 2 is 2.11 bits per heavy atom. The van der Waals surface area contributed by atoms with Crippen LogP contribution in [0.4, 0.5) is 0 Å². The molecule has 0 aliphatic carbocycles. The third kappa shape index (κ3) is 2.71. The maximum Gasteiger partial charge on any atom is 0.167 e. The molecule has 4 heteroatoms. The minimum atomic E-state index is -0.564. The molecule has 2 N–H and O–H groups in total. The summed E-state index contributed by atoms with van der Waals surface area (Å²) in [5.74, 6) is 0. The lowest BCUT2D eigenvalue weighted by Gasteiger charge is -2.23. The Bertz CT molecular complexity index is 540. The number of aryl methyl sites for hydroxylation is 1. The van der Waals surface area contributed by atoms with Gasteiger partial charge in [0.25, 0.3) is 0 Å². The first-order valence-corrected chi connectivity index (χ1v) is 6.16. The van der Waals surface area contributed by atoms with E-state index in [1.54, 1.807) is 0 Å². The molecule has 0 saturated carbocycles. The minimum absolute atomic E-state index is 0.0153. The van der Waals surface area contributed by atoms with E-state index in [4.69, 9.17) is 4.52 Å². The van der Waals surface area contributed by atoms with Gasteiger partial charge in [0, 0.05) is 12.1 Å². The van der Waals surface area contributed by atoms with Crippen LogP contribution in [0.3, 0.4) is 0 Å². The lowest BCUT2D eigenvalue weighted by atomic mass is 10.0. The summed E-state index contributed by atoms with van der Waals surface area (Å²) >= 11 is 0. The number of nitrogens with zero attached hydrogens (tertiary/aromatic N) is 1. The molecule has 4 nitrogen and oxygen atoms in total. The molecule has 0 unspecified atom stereocenters. The average molecular weight is 248 g/mol. The van der Waals surface area contributed by atoms with Crippen LogP contribution >= 0.6 is 0 Å². The Hall–Kier alpha value is -1.39. The second-order valence-electron chi connectivity index (χ2n) is 5.64. The summed E-state index contributed by atoms with van der Waals surface area (Å²) < 4.78 is 5.20. The summed E-state index contributed by atoms with van der Waals surface area (Å²) in [6.45, 7) is 8.62. The van der Waals surface area contributed by atoms with Gasteiger partial charge in [-0.3, -0.25) is 0 Å². The first-order valence-electron chi connectivity index (χ1n) is 6.16. The van der Waals surface area contributed by atoms with Crippen molar-refractivity contribution >= 4 is 11.0 Å². The van der Waals surface area contributed by atoms with Crippen molar-refractivity contribution in [2.45, 2.75) is 39.3 Å². The predicted molar refractivity (Wildman–Crippen MR) is 71.5 cm³/mol. The summed E-state index contributed by atoms with van der Waals surface area (Å²) in [7, 11) is 0. The van der Waals surface area contributed by atoms with E-state index in [0.717, 1.165) is 22.2 Å². The fraction of sp³-hybridized carbons (Fsp3) is 0.500. The van der Waals surface area contributed by atoms with Gasteiger partial charge in [-0.2, -0.15) is 0 Å². The molecule has 0 saturated heterocycles. The van der Waals surface area contributed by atoms with Gasteiger partial charge in [-0.15, -0.1) is 0 Å². The highest BCUT2D eigenvalue weighted by Crippen LogP contribution is 2.27. The Balaban J connectivity index is 2.27. The smallest absolute Gasteiger partial charge is 0.167 e. The number of aliphatic hydroxyl groups is 1. The van der Waals surface area contributed by atoms with Gasteiger partial charge in [0.1, 0.15) is 0 Å². The van der Waals surface area contributed by atoms with Crippen LogP contribution in [0.25, 0.3) is 11.0 Å². The first kappa shape index (κ1) is 13.1. The number of aliphatic hydroxyl groups excluding tert-OH is 1. The van der Waals surface area contributed by atoms with Crippen molar-refractivity contribution in [3.8, 4) is 0 Å². The summed E-state index contributed by atoms with van der Waals surface area (Å²) in [6.07, 6.45) is -0.564. The highest BCUT2D eigenvalue weighted by atomic mass is 16.5. The quantitative estimate of drug-likeness (QED) is 0.876. The summed E-state index contributed by atoms with van der Waals surface area (Å²) in [4.78, 5) is 0. The average Bonchev–Trinajstić information content (AvgIpc) is 2.67. The summed E-state index contributed by atoms with van der Waals surface area (Å²) in [6, 6.07) is 5.66. The second-order valence-corrected chi connectivity index (χ2v) is 5.64. The van der Waals surface area contributed by atoms with Crippen molar-refractivity contribution in [3.63, 3.8) is 0 Å². The van der Waals surface area contributed by atoms with Gasteiger partial charge in [0.05, 0.1) is 17.2 Å². The molecule has 1 aromatic carbocycles. The molecular weight excluding hydrogens is 228 g/mol. The van der Waals surface area contributed by atoms with E-state index in [9.17, 15) is 5.11 Å². The Morgan fingerprint density at radius 3 is 2.78 bits per heavy atom. The Morgan fingerprint density at radius 1 is 1.39 bits per heavy atom. The van der Waals surface area contributed by atoms with Crippen molar-refractivity contribution in [1.29, 1.82) is 0 Å². The number of β-amino-alcohol motifs (C(OH)–C–C–N with tert-alkyl or cyclic N) is 1. The molecule has 0 amide bonds. The number of nitrogens with one attached hydrogen (secondary N) is 1. The van der Waals surface area contributed by atoms with Crippen LogP contribution in [0, 0.1) is 6.92 Å². The van der Waals surface area contributed by atoms with Crippen LogP contribution in [0.1, 0.15) is 38.1 Å². The van der Waals surface area contributed by atoms with Crippen molar-refractivity contribution < 1.29 is 9.63 Å². The van der Waals surface area contributed by atoms with Crippen molar-refractivity contribution in [3.05, 3.63) is 29.5 Å². The van der Waals surface area contributed by atoms with E-state index < -0.39 is 6.10 Å². The Labute approximate surface area is 107 Å². The number of hydrogen-bond donors (Lipinski definition) is 2. The molecule has 0 bridgehead atoms. The van der Waals surface area contributed by atoms with Gasteiger partial charge >= 0.3 is 0 Å². The van der Waals surface area contributed by atoms with Gasteiger partial charge in [-0.25, -0.2) is 0 Å². The largest absolute Gasteiger partial charge is 0.387 e. The Kier molecular flexibility index (Phi) is 3.41. The van der Waals surface area contributed by atoms with Gasteiger partial charge in [0.2, 0.25) is 0 Å². The first-order chi connectivity index (χ1) is 8.38. The minimum Gasteiger partial charge on any atom is -0.387 e. The van der Waals surface area contributed by atoms with E-state index in [0.29, 0.717) is 6.54 Å². The second kappa shape index (κ2) is 4.71. The number of hydrogen-bond acceptors (Lipinski definition) is 4. The molecule has 0 aliphatic heterocycles. The van der Waals surface area contributed by atoms with Crippen LogP contribution < -0.4 is 5.32 Å². The molecule has 0 radical (unpaired) electrons. The summed E-state index contributed by atoms with van der Waals surface area (Å²) in [5.41, 5.74) is 2.39. The maximum atomic E-state index is 10.3. The van der Waals surface area contributed by atoms with Gasteiger partial charge in [-0.1, -0.05) is 17.3 Å². The molecular formula is C14H20N2O2. The molecule has 2 aromatic rings. The lowest BCUT2D eigenvalue weighted by Crippen LogP contribution is -2.38. The molecule has 0 spiro atoms. The van der Waals surface area contributed by atoms with Crippen LogP contribution in [-0.4, -0.2) is 22.3 Å². The molecule has 1 aromatic heterocycles. The molecule has 1 atom stereocenters. The van der Waals surface area contributed by atoms with E-state index in [1.165, 1.54) is 0 Å². The van der Waals surface area contributed by atoms with Gasteiger partial charge in [0.15, 0.2) is 5.58 Å². The van der Waals surface area contributed by atoms with E-state index in [2.05, 4.69) is 31.2 Å². The third-order valence-corrected chi connectivity index (χ3v) is 2.89. The standard InChI is InChI=1S/C14H20N2O2/c1-9-13-10(6-5-7-12(13)18-16-9)11(17)8-15-14(2,3)4/h5-7,11,15,17H,8H2,1-4H3/t11-/m0/s1. The zero-order valence-corrected chi connectivity index (χ0v) is 11.3.